The monoisotopic (exact) mass is 199 g/mol. The van der Waals surface area contributed by atoms with Gasteiger partial charge in [-0.15, -0.1) is 0 Å². The van der Waals surface area contributed by atoms with E-state index in [1.807, 2.05) is 24.3 Å². The molecule has 0 aliphatic carbocycles. The average molecular weight is 199 g/mol. The molecule has 1 aromatic rings. The zero-order valence-corrected chi connectivity index (χ0v) is 9.38. The Bertz CT molecular complexity index is 378. The molecule has 0 radical (unpaired) electrons. The Kier molecular flexibility index (Phi) is 3.92. The van der Waals surface area contributed by atoms with Crippen molar-refractivity contribution in [3.8, 4) is 0 Å². The van der Waals surface area contributed by atoms with Gasteiger partial charge < -0.3 is 4.98 Å². The van der Waals surface area contributed by atoms with Crippen molar-refractivity contribution < 1.29 is 0 Å². The van der Waals surface area contributed by atoms with E-state index in [1.54, 1.807) is 12.2 Å². The number of hydrogen-bond donors (Lipinski definition) is 1. The fraction of sp³-hybridized carbons (Fsp3) is 0.143. The van der Waals surface area contributed by atoms with Gasteiger partial charge in [0.2, 0.25) is 0 Å². The number of allylic oxidation sites excluding steroid dienone is 4. The first-order valence-electron chi connectivity index (χ1n) is 4.98. The maximum Gasteiger partial charge on any atom is 0.0417 e. The van der Waals surface area contributed by atoms with Crippen molar-refractivity contribution in [2.24, 2.45) is 0 Å². The molecule has 0 aliphatic rings. The fourth-order valence-corrected chi connectivity index (χ4v) is 1.40. The molecule has 0 bridgehead atoms. The van der Waals surface area contributed by atoms with Crippen LogP contribution in [-0.4, -0.2) is 4.98 Å². The Morgan fingerprint density at radius 2 is 1.27 bits per heavy atom. The minimum Gasteiger partial charge on any atom is -0.355 e. The summed E-state index contributed by atoms with van der Waals surface area (Å²) in [5.74, 6) is 0. The van der Waals surface area contributed by atoms with Crippen molar-refractivity contribution in [1.82, 2.24) is 4.98 Å². The number of H-pyrrole nitrogens is 1. The summed E-state index contributed by atoms with van der Waals surface area (Å²) in [6.45, 7) is 11.5. The van der Waals surface area contributed by atoms with Crippen LogP contribution in [0.25, 0.3) is 12.2 Å². The van der Waals surface area contributed by atoms with E-state index < -0.39 is 0 Å². The molecule has 0 aromatic carbocycles. The van der Waals surface area contributed by atoms with Crippen molar-refractivity contribution in [2.75, 3.05) is 0 Å². The first-order valence-corrected chi connectivity index (χ1v) is 4.98. The zero-order valence-electron chi connectivity index (χ0n) is 9.38. The van der Waals surface area contributed by atoms with Gasteiger partial charge in [0.25, 0.3) is 0 Å². The summed E-state index contributed by atoms with van der Waals surface area (Å²) >= 11 is 0. The maximum atomic E-state index is 3.66. The van der Waals surface area contributed by atoms with Gasteiger partial charge in [-0.1, -0.05) is 37.5 Å². The molecular formula is C14H17N. The second-order valence-electron chi connectivity index (χ2n) is 3.39. The van der Waals surface area contributed by atoms with Crippen LogP contribution in [0.15, 0.2) is 37.5 Å². The average Bonchev–Trinajstić information content (AvgIpc) is 2.51. The molecule has 1 heterocycles. The lowest BCUT2D eigenvalue weighted by atomic mass is 10.1. The van der Waals surface area contributed by atoms with Gasteiger partial charge in [0.1, 0.15) is 0 Å². The zero-order chi connectivity index (χ0) is 11.3. The molecule has 0 saturated heterocycles. The number of aromatic amines is 1. The predicted molar refractivity (Wildman–Crippen MR) is 68.7 cm³/mol. The van der Waals surface area contributed by atoms with Gasteiger partial charge in [0.15, 0.2) is 0 Å². The summed E-state index contributed by atoms with van der Waals surface area (Å²) in [5.41, 5.74) is 4.82. The largest absolute Gasteiger partial charge is 0.355 e. The van der Waals surface area contributed by atoms with E-state index in [0.717, 1.165) is 11.4 Å². The molecule has 1 N–H and O–H groups in total. The third-order valence-electron chi connectivity index (χ3n) is 2.44. The second kappa shape index (κ2) is 5.20. The number of rotatable bonds is 4. The molecule has 0 aliphatic heterocycles. The lowest BCUT2D eigenvalue weighted by Gasteiger charge is -1.90. The lowest BCUT2D eigenvalue weighted by Crippen LogP contribution is -1.75. The van der Waals surface area contributed by atoms with Crippen LogP contribution >= 0.6 is 0 Å². The Labute approximate surface area is 91.5 Å². The topological polar surface area (TPSA) is 15.8 Å². The highest BCUT2D eigenvalue weighted by atomic mass is 14.7. The minimum absolute atomic E-state index is 1.14. The van der Waals surface area contributed by atoms with E-state index in [9.17, 15) is 0 Å². The molecule has 78 valence electrons. The van der Waals surface area contributed by atoms with Crippen molar-refractivity contribution in [3.63, 3.8) is 0 Å². The van der Waals surface area contributed by atoms with E-state index in [0.29, 0.717) is 0 Å². The first kappa shape index (κ1) is 11.3. The number of aromatic nitrogens is 1. The van der Waals surface area contributed by atoms with E-state index in [1.165, 1.54) is 11.1 Å². The third kappa shape index (κ3) is 2.59. The molecule has 0 spiro atoms. The standard InChI is InChI=1S/C14H17N/c1-5-7-9-13-11(3)12(4)14(15-13)10-8-6-2/h5-10,15H,1-2H2,3-4H3/b9-7-,10-8-. The van der Waals surface area contributed by atoms with Gasteiger partial charge in [0, 0.05) is 11.4 Å². The summed E-state index contributed by atoms with van der Waals surface area (Å²) in [4.78, 5) is 3.35. The van der Waals surface area contributed by atoms with Gasteiger partial charge >= 0.3 is 0 Å². The summed E-state index contributed by atoms with van der Waals surface area (Å²) < 4.78 is 0. The molecule has 0 amide bonds. The van der Waals surface area contributed by atoms with E-state index >= 15 is 0 Å². The maximum absolute atomic E-state index is 3.66. The van der Waals surface area contributed by atoms with Crippen LogP contribution in [0.3, 0.4) is 0 Å². The molecule has 0 unspecified atom stereocenters. The smallest absolute Gasteiger partial charge is 0.0417 e. The Balaban J connectivity index is 3.11. The first-order chi connectivity index (χ1) is 7.20. The van der Waals surface area contributed by atoms with Crippen molar-refractivity contribution in [2.45, 2.75) is 13.8 Å². The van der Waals surface area contributed by atoms with Crippen LogP contribution in [0.4, 0.5) is 0 Å². The highest BCUT2D eigenvalue weighted by Crippen LogP contribution is 2.19. The predicted octanol–water partition coefficient (Wildman–Crippen LogP) is 4.03. The molecule has 1 aromatic heterocycles. The Hall–Kier alpha value is -1.76. The van der Waals surface area contributed by atoms with Crippen LogP contribution < -0.4 is 0 Å². The second-order valence-corrected chi connectivity index (χ2v) is 3.39. The van der Waals surface area contributed by atoms with Gasteiger partial charge in [0.05, 0.1) is 0 Å². The van der Waals surface area contributed by atoms with E-state index in [-0.39, 0.29) is 0 Å². The number of nitrogens with one attached hydrogen (secondary N) is 1. The normalized spacial score (nSPS) is 11.3. The fourth-order valence-electron chi connectivity index (χ4n) is 1.40. The van der Waals surface area contributed by atoms with Gasteiger partial charge in [-0.05, 0) is 37.1 Å². The van der Waals surface area contributed by atoms with E-state index in [2.05, 4.69) is 32.0 Å². The minimum atomic E-state index is 1.14. The summed E-state index contributed by atoms with van der Waals surface area (Å²) in [7, 11) is 0. The number of hydrogen-bond acceptors (Lipinski definition) is 0. The third-order valence-corrected chi connectivity index (χ3v) is 2.44. The molecular weight excluding hydrogens is 182 g/mol. The van der Waals surface area contributed by atoms with Crippen molar-refractivity contribution in [1.29, 1.82) is 0 Å². The van der Waals surface area contributed by atoms with Crippen LogP contribution in [0.5, 0.6) is 0 Å². The SMILES string of the molecule is C=C/C=C\c1[nH]c(/C=C\C=C)c(C)c1C. The molecule has 0 fully saturated rings. The Morgan fingerprint density at radius 1 is 0.867 bits per heavy atom. The van der Waals surface area contributed by atoms with Crippen LogP contribution in [-0.2, 0) is 0 Å². The van der Waals surface area contributed by atoms with Gasteiger partial charge in [-0.3, -0.25) is 0 Å². The Morgan fingerprint density at radius 3 is 1.60 bits per heavy atom. The van der Waals surface area contributed by atoms with Gasteiger partial charge in [-0.25, -0.2) is 0 Å². The van der Waals surface area contributed by atoms with Crippen LogP contribution in [0.2, 0.25) is 0 Å². The lowest BCUT2D eigenvalue weighted by molar-refractivity contribution is 1.32. The van der Waals surface area contributed by atoms with Crippen molar-refractivity contribution >= 4 is 12.2 Å². The molecule has 1 heteroatoms. The van der Waals surface area contributed by atoms with E-state index in [4.69, 9.17) is 0 Å². The molecule has 0 atom stereocenters. The molecule has 0 saturated carbocycles. The summed E-state index contributed by atoms with van der Waals surface area (Å²) in [6, 6.07) is 0. The van der Waals surface area contributed by atoms with Crippen LogP contribution in [0.1, 0.15) is 22.5 Å². The molecule has 15 heavy (non-hydrogen) atoms. The van der Waals surface area contributed by atoms with Crippen LogP contribution in [0, 0.1) is 13.8 Å². The summed E-state index contributed by atoms with van der Waals surface area (Å²) in [6.07, 6.45) is 11.5. The highest BCUT2D eigenvalue weighted by molar-refractivity contribution is 5.62. The molecule has 1 nitrogen and oxygen atoms in total. The highest BCUT2D eigenvalue weighted by Gasteiger charge is 2.05. The van der Waals surface area contributed by atoms with Crippen molar-refractivity contribution in [3.05, 3.63) is 60.0 Å². The molecule has 1 rings (SSSR count). The van der Waals surface area contributed by atoms with Gasteiger partial charge in [-0.2, -0.15) is 0 Å². The summed E-state index contributed by atoms with van der Waals surface area (Å²) in [5, 5.41) is 0. The quantitative estimate of drug-likeness (QED) is 0.705.